The summed E-state index contributed by atoms with van der Waals surface area (Å²) in [6, 6.07) is 7.95. The highest BCUT2D eigenvalue weighted by molar-refractivity contribution is 5.79. The number of rotatable bonds is 5. The number of benzene rings is 1. The largest absolute Gasteiger partial charge is 0.361 e. The summed E-state index contributed by atoms with van der Waals surface area (Å²) in [4.78, 5) is 30.0. The van der Waals surface area contributed by atoms with Gasteiger partial charge in [-0.1, -0.05) is 35.0 Å². The van der Waals surface area contributed by atoms with E-state index in [1.807, 2.05) is 36.1 Å². The number of aromatic nitrogens is 2. The Bertz CT molecular complexity index is 851. The molecule has 0 radical (unpaired) electrons. The van der Waals surface area contributed by atoms with Gasteiger partial charge in [-0.3, -0.25) is 9.59 Å². The molecule has 8 nitrogen and oxygen atoms in total. The molecule has 1 aromatic heterocycles. The first-order valence-electron chi connectivity index (χ1n) is 9.61. The van der Waals surface area contributed by atoms with Crippen molar-refractivity contribution in [1.29, 1.82) is 0 Å². The Balaban J connectivity index is 1.25. The van der Waals surface area contributed by atoms with E-state index in [-0.39, 0.29) is 18.4 Å². The van der Waals surface area contributed by atoms with Gasteiger partial charge in [0.05, 0.1) is 6.54 Å². The summed E-state index contributed by atoms with van der Waals surface area (Å²) >= 11 is 0. The summed E-state index contributed by atoms with van der Waals surface area (Å²) in [5.41, 5.74) is 1.67. The van der Waals surface area contributed by atoms with Crippen molar-refractivity contribution in [2.75, 3.05) is 26.2 Å². The molecule has 8 heteroatoms. The van der Waals surface area contributed by atoms with Crippen LogP contribution in [-0.2, 0) is 20.7 Å². The molecule has 1 aromatic carbocycles. The minimum Gasteiger partial charge on any atom is -0.361 e. The van der Waals surface area contributed by atoms with Gasteiger partial charge in [-0.15, -0.1) is 0 Å². The van der Waals surface area contributed by atoms with E-state index in [1.54, 1.807) is 0 Å². The van der Waals surface area contributed by atoms with Crippen molar-refractivity contribution < 1.29 is 18.8 Å². The average molecular weight is 384 g/mol. The predicted molar refractivity (Wildman–Crippen MR) is 100 cm³/mol. The molecule has 4 rings (SSSR count). The van der Waals surface area contributed by atoms with Gasteiger partial charge in [0.2, 0.25) is 23.5 Å². The van der Waals surface area contributed by atoms with Crippen molar-refractivity contribution in [2.45, 2.75) is 38.2 Å². The number of nitrogens with one attached hydrogen (secondary N) is 1. The monoisotopic (exact) mass is 384 g/mol. The molecule has 0 saturated carbocycles. The van der Waals surface area contributed by atoms with Crippen LogP contribution in [0.3, 0.4) is 0 Å². The van der Waals surface area contributed by atoms with Gasteiger partial charge in [-0.05, 0) is 19.8 Å². The maximum atomic E-state index is 12.5. The van der Waals surface area contributed by atoms with Gasteiger partial charge >= 0.3 is 0 Å². The summed E-state index contributed by atoms with van der Waals surface area (Å²) in [7, 11) is 0. The number of ether oxygens (including phenoxy) is 1. The molecule has 0 aliphatic carbocycles. The van der Waals surface area contributed by atoms with E-state index in [0.29, 0.717) is 50.6 Å². The minimum atomic E-state index is -0.418. The second-order valence-electron chi connectivity index (χ2n) is 7.55. The molecule has 2 aliphatic rings. The van der Waals surface area contributed by atoms with E-state index >= 15 is 0 Å². The lowest BCUT2D eigenvalue weighted by Crippen LogP contribution is -2.54. The highest BCUT2D eigenvalue weighted by atomic mass is 16.5. The van der Waals surface area contributed by atoms with Crippen LogP contribution in [-0.4, -0.2) is 58.7 Å². The van der Waals surface area contributed by atoms with E-state index in [4.69, 9.17) is 9.26 Å². The number of morpholine rings is 1. The molecule has 2 aliphatic heterocycles. The van der Waals surface area contributed by atoms with Crippen LogP contribution in [0.5, 0.6) is 0 Å². The van der Waals surface area contributed by atoms with Crippen molar-refractivity contribution in [3.8, 4) is 11.4 Å². The topological polar surface area (TPSA) is 97.6 Å². The van der Waals surface area contributed by atoms with Crippen molar-refractivity contribution in [3.63, 3.8) is 0 Å². The number of hydrogen-bond acceptors (Lipinski definition) is 6. The van der Waals surface area contributed by atoms with Crippen LogP contribution in [0.2, 0.25) is 0 Å². The number of amides is 2. The SMILES string of the molecule is Cc1ccc(-c2noc(CCCC(=O)N3CCC4(CNC(=O)CO4)C3)n2)cc1. The van der Waals surface area contributed by atoms with Crippen LogP contribution in [0.15, 0.2) is 28.8 Å². The summed E-state index contributed by atoms with van der Waals surface area (Å²) in [5.74, 6) is 1.11. The molecule has 1 unspecified atom stereocenters. The van der Waals surface area contributed by atoms with Crippen molar-refractivity contribution in [2.24, 2.45) is 0 Å². The zero-order valence-electron chi connectivity index (χ0n) is 15.9. The number of nitrogens with zero attached hydrogens (tertiary/aromatic N) is 3. The lowest BCUT2D eigenvalue weighted by atomic mass is 10.0. The maximum Gasteiger partial charge on any atom is 0.246 e. The van der Waals surface area contributed by atoms with E-state index < -0.39 is 5.60 Å². The molecular weight excluding hydrogens is 360 g/mol. The predicted octanol–water partition coefficient (Wildman–Crippen LogP) is 1.49. The second kappa shape index (κ2) is 7.71. The van der Waals surface area contributed by atoms with Gasteiger partial charge in [0, 0.05) is 31.5 Å². The van der Waals surface area contributed by atoms with E-state index in [9.17, 15) is 9.59 Å². The van der Waals surface area contributed by atoms with Crippen molar-refractivity contribution in [3.05, 3.63) is 35.7 Å². The quantitative estimate of drug-likeness (QED) is 0.839. The van der Waals surface area contributed by atoms with Crippen molar-refractivity contribution in [1.82, 2.24) is 20.4 Å². The summed E-state index contributed by atoms with van der Waals surface area (Å²) in [5, 5.41) is 6.85. The van der Waals surface area contributed by atoms with Gasteiger partial charge in [0.15, 0.2) is 0 Å². The summed E-state index contributed by atoms with van der Waals surface area (Å²) in [6.45, 7) is 3.76. The van der Waals surface area contributed by atoms with Crippen LogP contribution < -0.4 is 5.32 Å². The van der Waals surface area contributed by atoms with Crippen molar-refractivity contribution >= 4 is 11.8 Å². The van der Waals surface area contributed by atoms with E-state index in [1.165, 1.54) is 5.56 Å². The molecule has 148 valence electrons. The number of carbonyl (C=O) groups excluding carboxylic acids is 2. The fourth-order valence-electron chi connectivity index (χ4n) is 3.63. The smallest absolute Gasteiger partial charge is 0.246 e. The number of hydrogen-bond donors (Lipinski definition) is 1. The Hall–Kier alpha value is -2.74. The molecule has 0 bridgehead atoms. The number of carbonyl (C=O) groups is 2. The average Bonchev–Trinajstić information content (AvgIpc) is 3.33. The molecule has 1 spiro atoms. The summed E-state index contributed by atoms with van der Waals surface area (Å²) < 4.78 is 11.0. The first-order valence-corrected chi connectivity index (χ1v) is 9.61. The van der Waals surface area contributed by atoms with Crippen LogP contribution in [0, 0.1) is 6.92 Å². The molecule has 1 atom stereocenters. The first-order chi connectivity index (χ1) is 13.5. The Labute approximate surface area is 163 Å². The molecule has 2 saturated heterocycles. The number of aryl methyl sites for hydroxylation is 2. The maximum absolute atomic E-state index is 12.5. The third-order valence-corrected chi connectivity index (χ3v) is 5.35. The highest BCUT2D eigenvalue weighted by Crippen LogP contribution is 2.27. The van der Waals surface area contributed by atoms with Crippen LogP contribution in [0.4, 0.5) is 0 Å². The molecule has 2 amide bonds. The fraction of sp³-hybridized carbons (Fsp3) is 0.500. The van der Waals surface area contributed by atoms with Crippen LogP contribution in [0.1, 0.15) is 30.7 Å². The fourth-order valence-corrected chi connectivity index (χ4v) is 3.63. The van der Waals surface area contributed by atoms with Gasteiger partial charge < -0.3 is 19.5 Å². The Morgan fingerprint density at radius 2 is 2.14 bits per heavy atom. The minimum absolute atomic E-state index is 0.0719. The standard InChI is InChI=1S/C20H24N4O4/c1-14-5-7-15(8-6-14)19-22-17(28-23-19)3-2-4-18(26)24-10-9-20(13-24)12-21-16(25)11-27-20/h5-8H,2-4,9-13H2,1H3,(H,21,25). The number of likely N-dealkylation sites (tertiary alicyclic amines) is 1. The second-order valence-corrected chi connectivity index (χ2v) is 7.55. The summed E-state index contributed by atoms with van der Waals surface area (Å²) in [6.07, 6.45) is 2.39. The zero-order chi connectivity index (χ0) is 19.6. The molecular formula is C20H24N4O4. The molecule has 1 N–H and O–H groups in total. The first kappa shape index (κ1) is 18.6. The van der Waals surface area contributed by atoms with Gasteiger partial charge in [0.1, 0.15) is 12.2 Å². The third kappa shape index (κ3) is 4.06. The van der Waals surface area contributed by atoms with Gasteiger partial charge in [0.25, 0.3) is 0 Å². The van der Waals surface area contributed by atoms with E-state index in [0.717, 1.165) is 12.0 Å². The highest BCUT2D eigenvalue weighted by Gasteiger charge is 2.43. The normalized spacial score (nSPS) is 21.9. The molecule has 28 heavy (non-hydrogen) atoms. The molecule has 3 heterocycles. The van der Waals surface area contributed by atoms with Crippen LogP contribution in [0.25, 0.3) is 11.4 Å². The van der Waals surface area contributed by atoms with Gasteiger partial charge in [-0.25, -0.2) is 0 Å². The van der Waals surface area contributed by atoms with Gasteiger partial charge in [-0.2, -0.15) is 4.98 Å². The molecule has 2 fully saturated rings. The lowest BCUT2D eigenvalue weighted by molar-refractivity contribution is -0.143. The zero-order valence-corrected chi connectivity index (χ0v) is 15.9. The Morgan fingerprint density at radius 1 is 1.32 bits per heavy atom. The lowest BCUT2D eigenvalue weighted by Gasteiger charge is -2.33. The Kier molecular flexibility index (Phi) is 5.13. The Morgan fingerprint density at radius 3 is 2.89 bits per heavy atom. The van der Waals surface area contributed by atoms with E-state index in [2.05, 4.69) is 15.5 Å². The van der Waals surface area contributed by atoms with Crippen LogP contribution >= 0.6 is 0 Å². The third-order valence-electron chi connectivity index (χ3n) is 5.35. The molecule has 2 aromatic rings.